The second kappa shape index (κ2) is 20.0. The highest BCUT2D eigenvalue weighted by Gasteiger charge is 2.29. The van der Waals surface area contributed by atoms with Crippen molar-refractivity contribution in [2.45, 2.75) is 180 Å². The second-order valence-corrected chi connectivity index (χ2v) is 21.8. The summed E-state index contributed by atoms with van der Waals surface area (Å²) in [6.45, 7) is 38.9. The fraction of sp³-hybridized carbons (Fsp3) is 0.615. The van der Waals surface area contributed by atoms with Crippen LogP contribution in [0.2, 0.25) is 0 Å². The minimum absolute atomic E-state index is 0.0869. The number of benzene rings is 2. The number of rotatable bonds is 0. The Balaban J connectivity index is 0.000000268. The van der Waals surface area contributed by atoms with Gasteiger partial charge in [-0.2, -0.15) is 0 Å². The van der Waals surface area contributed by atoms with Gasteiger partial charge in [-0.1, -0.05) is 162 Å². The summed E-state index contributed by atoms with van der Waals surface area (Å²) in [6, 6.07) is 17.2. The van der Waals surface area contributed by atoms with Crippen molar-refractivity contribution in [1.82, 2.24) is 20.4 Å². The lowest BCUT2D eigenvalue weighted by Crippen LogP contribution is -2.23. The molecule has 0 saturated carbocycles. The van der Waals surface area contributed by atoms with E-state index in [1.165, 1.54) is 47.9 Å². The summed E-state index contributed by atoms with van der Waals surface area (Å²) in [4.78, 5) is 0. The molecule has 0 radical (unpaired) electrons. The van der Waals surface area contributed by atoms with Crippen LogP contribution in [0.5, 0.6) is 0 Å². The van der Waals surface area contributed by atoms with Crippen LogP contribution in [0.15, 0.2) is 48.5 Å². The second-order valence-electron chi connectivity index (χ2n) is 21.8. The average molecular weight is 757 g/mol. The number of aromatic nitrogens is 4. The van der Waals surface area contributed by atoms with Gasteiger partial charge in [-0.15, -0.1) is 26.3 Å². The molecular weight excluding hydrogens is 681 g/mol. The van der Waals surface area contributed by atoms with Crippen LogP contribution in [-0.2, 0) is 17.3 Å². The Labute approximate surface area is 344 Å². The molecule has 0 bridgehead atoms. The monoisotopic (exact) mass is 757 g/mol. The van der Waals surface area contributed by atoms with Gasteiger partial charge < -0.3 is 0 Å². The molecule has 0 amide bonds. The first kappa shape index (κ1) is 48.2. The molecule has 0 fully saturated rings. The van der Waals surface area contributed by atoms with Gasteiger partial charge in [-0.3, -0.25) is 0 Å². The molecule has 2 atom stereocenters. The topological polar surface area (TPSA) is 51.6 Å². The van der Waals surface area contributed by atoms with Crippen molar-refractivity contribution in [3.8, 4) is 35.5 Å². The number of nitrogens with zero attached hydrogens (tertiary/aromatic N) is 4. The summed E-state index contributed by atoms with van der Waals surface area (Å²) in [5.74, 6) is 22.3. The van der Waals surface area contributed by atoms with Crippen LogP contribution in [0.1, 0.15) is 197 Å². The highest BCUT2D eigenvalue weighted by Crippen LogP contribution is 2.40. The van der Waals surface area contributed by atoms with Gasteiger partial charge in [0.05, 0.1) is 0 Å². The predicted octanol–water partition coefficient (Wildman–Crippen LogP) is 13.3. The first-order chi connectivity index (χ1) is 25.6. The molecule has 2 unspecified atom stereocenters. The van der Waals surface area contributed by atoms with Gasteiger partial charge in [0, 0.05) is 45.1 Å². The standard InChI is InChI=1S/C20H20.C12H20.C10H18N4.C10H18/c1-20(2,3)19-14-17-10-5-4-8-15(17)12-13-16-9-6-7-11-18(16)19;1-12(2,3)11-9-7-5-4-6-8-10-11;1-9(2,3)7-11-13-8(14-12-7)10(4,5)6;1-9(2,3)7-8-10(4,5)6/h4-11,19H,14H2,1-3H3;11H,4-7,9H2,1-3H3;1-6H3;1-6H3. The molecule has 4 nitrogen and oxygen atoms in total. The van der Waals surface area contributed by atoms with E-state index in [2.05, 4.69) is 188 Å². The lowest BCUT2D eigenvalue weighted by molar-refractivity contribution is 0.279. The summed E-state index contributed by atoms with van der Waals surface area (Å²) in [5.41, 5.74) is 5.84. The fourth-order valence-corrected chi connectivity index (χ4v) is 5.83. The molecule has 2 aromatic carbocycles. The van der Waals surface area contributed by atoms with E-state index in [4.69, 9.17) is 0 Å². The van der Waals surface area contributed by atoms with Crippen LogP contribution in [0.25, 0.3) is 0 Å². The van der Waals surface area contributed by atoms with Gasteiger partial charge >= 0.3 is 0 Å². The zero-order valence-corrected chi connectivity index (χ0v) is 38.8. The Morgan fingerprint density at radius 3 is 1.46 bits per heavy atom. The van der Waals surface area contributed by atoms with Crippen molar-refractivity contribution < 1.29 is 0 Å². The summed E-state index contributed by atoms with van der Waals surface area (Å²) >= 11 is 0. The van der Waals surface area contributed by atoms with Crippen molar-refractivity contribution in [2.24, 2.45) is 27.6 Å². The quantitative estimate of drug-likeness (QED) is 0.214. The lowest BCUT2D eigenvalue weighted by atomic mass is 9.71. The highest BCUT2D eigenvalue weighted by atomic mass is 15.3. The van der Waals surface area contributed by atoms with Gasteiger partial charge in [0.1, 0.15) is 0 Å². The van der Waals surface area contributed by atoms with E-state index in [-0.39, 0.29) is 27.1 Å². The number of hydrogen-bond donors (Lipinski definition) is 0. The van der Waals surface area contributed by atoms with E-state index in [9.17, 15) is 0 Å². The SMILES string of the molecule is CC(C)(C)C#CC(C)(C)C.CC(C)(C)C1C#CCCCCC1.CC(C)(C)C1Cc2ccccc2C#Cc2ccccc21.CC(C)(C)c1nnc(C(C)(C)C)nn1. The fourth-order valence-electron chi connectivity index (χ4n) is 5.83. The van der Waals surface area contributed by atoms with E-state index in [0.717, 1.165) is 12.8 Å². The third kappa shape index (κ3) is 17.9. The Bertz CT molecular complexity index is 1800. The Morgan fingerprint density at radius 2 is 1.00 bits per heavy atom. The molecule has 2 aliphatic rings. The largest absolute Gasteiger partial charge is 0.178 e. The first-order valence-corrected chi connectivity index (χ1v) is 20.9. The molecule has 5 rings (SSSR count). The molecule has 4 heteroatoms. The van der Waals surface area contributed by atoms with Crippen molar-refractivity contribution in [1.29, 1.82) is 0 Å². The molecule has 0 aliphatic heterocycles. The van der Waals surface area contributed by atoms with Crippen molar-refractivity contribution >= 4 is 0 Å². The van der Waals surface area contributed by atoms with E-state index in [1.54, 1.807) is 0 Å². The molecular formula is C52H76N4. The lowest BCUT2D eigenvalue weighted by Gasteiger charge is -2.33. The number of fused-ring (bicyclic) bond motifs is 2. The van der Waals surface area contributed by atoms with Gasteiger partial charge in [-0.25, -0.2) is 0 Å². The van der Waals surface area contributed by atoms with Crippen LogP contribution >= 0.6 is 0 Å². The predicted molar refractivity (Wildman–Crippen MR) is 240 cm³/mol. The zero-order chi connectivity index (χ0) is 42.6. The molecule has 0 saturated heterocycles. The van der Waals surface area contributed by atoms with Gasteiger partial charge in [0.2, 0.25) is 0 Å². The van der Waals surface area contributed by atoms with Crippen LogP contribution < -0.4 is 0 Å². The third-order valence-electron chi connectivity index (χ3n) is 9.40. The maximum Gasteiger partial charge on any atom is 0.178 e. The summed E-state index contributed by atoms with van der Waals surface area (Å²) in [5, 5.41) is 16.4. The smallest absolute Gasteiger partial charge is 0.131 e. The zero-order valence-electron chi connectivity index (χ0n) is 38.8. The van der Waals surface area contributed by atoms with Crippen LogP contribution in [-0.4, -0.2) is 20.4 Å². The maximum atomic E-state index is 4.09. The summed E-state index contributed by atoms with van der Waals surface area (Å²) in [6.07, 6.45) is 7.54. The van der Waals surface area contributed by atoms with Crippen molar-refractivity contribution in [3.05, 3.63) is 82.4 Å². The first-order valence-electron chi connectivity index (χ1n) is 20.9. The minimum Gasteiger partial charge on any atom is -0.131 e. The van der Waals surface area contributed by atoms with Gasteiger partial charge in [0.25, 0.3) is 0 Å². The highest BCUT2D eigenvalue weighted by molar-refractivity contribution is 5.53. The minimum atomic E-state index is -0.0869. The Hall–Kier alpha value is -3.94. The van der Waals surface area contributed by atoms with Crippen molar-refractivity contribution in [2.75, 3.05) is 0 Å². The maximum absolute atomic E-state index is 4.09. The van der Waals surface area contributed by atoms with Crippen molar-refractivity contribution in [3.63, 3.8) is 0 Å². The molecule has 0 N–H and O–H groups in total. The number of hydrogen-bond acceptors (Lipinski definition) is 4. The third-order valence-corrected chi connectivity index (χ3v) is 9.40. The van der Waals surface area contributed by atoms with Gasteiger partial charge in [0.15, 0.2) is 11.6 Å². The molecule has 3 aromatic rings. The molecule has 56 heavy (non-hydrogen) atoms. The average Bonchev–Trinajstić information content (AvgIpc) is 3.03. The van der Waals surface area contributed by atoms with E-state index in [1.807, 2.05) is 41.5 Å². The van der Waals surface area contributed by atoms with Gasteiger partial charge in [-0.05, 0) is 101 Å². The summed E-state index contributed by atoms with van der Waals surface area (Å²) in [7, 11) is 0. The van der Waals surface area contributed by atoms with E-state index in [0.29, 0.717) is 28.9 Å². The molecule has 304 valence electrons. The van der Waals surface area contributed by atoms with E-state index < -0.39 is 0 Å². The molecule has 1 aromatic heterocycles. The summed E-state index contributed by atoms with van der Waals surface area (Å²) < 4.78 is 0. The molecule has 1 heterocycles. The van der Waals surface area contributed by atoms with Crippen LogP contribution in [0.3, 0.4) is 0 Å². The normalized spacial score (nSPS) is 16.9. The Morgan fingerprint density at radius 1 is 0.536 bits per heavy atom. The molecule has 2 aliphatic carbocycles. The molecule has 0 spiro atoms. The van der Waals surface area contributed by atoms with Crippen LogP contribution in [0, 0.1) is 63.1 Å². The van der Waals surface area contributed by atoms with Crippen LogP contribution in [0.4, 0.5) is 0 Å². The Kier molecular flexibility index (Phi) is 17.2. The van der Waals surface area contributed by atoms with E-state index >= 15 is 0 Å².